The second-order valence-corrected chi connectivity index (χ2v) is 9.05. The van der Waals surface area contributed by atoms with Crippen LogP contribution in [0.3, 0.4) is 0 Å². The second-order valence-electron chi connectivity index (χ2n) is 6.65. The van der Waals surface area contributed by atoms with Gasteiger partial charge in [0.15, 0.2) is 9.84 Å². The number of nitrogens with one attached hydrogen (secondary N) is 1. The van der Waals surface area contributed by atoms with E-state index in [1.54, 1.807) is 0 Å². The zero-order valence-corrected chi connectivity index (χ0v) is 13.5. The van der Waals surface area contributed by atoms with Crippen molar-refractivity contribution in [3.8, 4) is 0 Å². The molecule has 122 valence electrons. The van der Waals surface area contributed by atoms with Crippen molar-refractivity contribution < 1.29 is 18.3 Å². The number of amides is 1. The smallest absolute Gasteiger partial charge is 0.407 e. The summed E-state index contributed by atoms with van der Waals surface area (Å²) in [6.45, 7) is 4.78. The summed E-state index contributed by atoms with van der Waals surface area (Å²) >= 11 is 0. The molecule has 2 N–H and O–H groups in total. The Morgan fingerprint density at radius 3 is 2.38 bits per heavy atom. The first kappa shape index (κ1) is 16.5. The fourth-order valence-electron chi connectivity index (χ4n) is 3.24. The van der Waals surface area contributed by atoms with E-state index in [0.717, 1.165) is 32.4 Å². The van der Waals surface area contributed by atoms with Gasteiger partial charge in [-0.05, 0) is 50.6 Å². The van der Waals surface area contributed by atoms with Crippen molar-refractivity contribution in [1.82, 2.24) is 10.2 Å². The molecule has 0 unspecified atom stereocenters. The van der Waals surface area contributed by atoms with Gasteiger partial charge < -0.3 is 15.3 Å². The SMILES string of the molecule is CC1(CCS(=O)(=O)C2CCN(C(=O)O)CC2)CCNCC1. The summed E-state index contributed by atoms with van der Waals surface area (Å²) < 4.78 is 24.9. The Morgan fingerprint density at radius 2 is 1.86 bits per heavy atom. The van der Waals surface area contributed by atoms with Gasteiger partial charge in [0.2, 0.25) is 0 Å². The quantitative estimate of drug-likeness (QED) is 0.816. The molecule has 0 saturated carbocycles. The van der Waals surface area contributed by atoms with Crippen molar-refractivity contribution in [2.75, 3.05) is 31.9 Å². The third-order valence-corrected chi connectivity index (χ3v) is 7.28. The highest BCUT2D eigenvalue weighted by molar-refractivity contribution is 7.92. The lowest BCUT2D eigenvalue weighted by molar-refractivity contribution is 0.136. The molecule has 0 aromatic heterocycles. The van der Waals surface area contributed by atoms with Gasteiger partial charge in [0.05, 0.1) is 11.0 Å². The molecule has 0 aromatic carbocycles. The Morgan fingerprint density at radius 1 is 1.29 bits per heavy atom. The molecule has 0 aliphatic carbocycles. The van der Waals surface area contributed by atoms with E-state index in [2.05, 4.69) is 12.2 Å². The van der Waals surface area contributed by atoms with Crippen LogP contribution in [-0.2, 0) is 9.84 Å². The van der Waals surface area contributed by atoms with Crippen molar-refractivity contribution in [1.29, 1.82) is 0 Å². The largest absolute Gasteiger partial charge is 0.465 e. The number of carboxylic acid groups (broad SMARTS) is 1. The minimum absolute atomic E-state index is 0.125. The molecule has 0 radical (unpaired) electrons. The van der Waals surface area contributed by atoms with E-state index in [9.17, 15) is 13.2 Å². The molecule has 0 atom stereocenters. The van der Waals surface area contributed by atoms with E-state index in [1.165, 1.54) is 4.90 Å². The first-order valence-corrected chi connectivity index (χ1v) is 9.44. The van der Waals surface area contributed by atoms with Crippen LogP contribution < -0.4 is 5.32 Å². The standard InChI is InChI=1S/C14H26N2O4S/c1-14(4-7-15-8-5-14)6-11-21(19,20)12-2-9-16(10-3-12)13(17)18/h12,15H,2-11H2,1H3,(H,17,18). The summed E-state index contributed by atoms with van der Waals surface area (Å²) in [6, 6.07) is 0. The van der Waals surface area contributed by atoms with Crippen LogP contribution in [0.25, 0.3) is 0 Å². The average Bonchev–Trinajstić information content (AvgIpc) is 2.46. The van der Waals surface area contributed by atoms with Crippen LogP contribution in [0.2, 0.25) is 0 Å². The van der Waals surface area contributed by atoms with E-state index in [4.69, 9.17) is 5.11 Å². The number of hydrogen-bond donors (Lipinski definition) is 2. The molecule has 2 heterocycles. The topological polar surface area (TPSA) is 86.7 Å². The van der Waals surface area contributed by atoms with Crippen molar-refractivity contribution in [2.45, 2.75) is 44.3 Å². The van der Waals surface area contributed by atoms with Gasteiger partial charge in [-0.25, -0.2) is 13.2 Å². The van der Waals surface area contributed by atoms with Gasteiger partial charge in [0, 0.05) is 13.1 Å². The Balaban J connectivity index is 1.86. The number of carbonyl (C=O) groups is 1. The molecule has 0 spiro atoms. The highest BCUT2D eigenvalue weighted by atomic mass is 32.2. The highest BCUT2D eigenvalue weighted by Gasteiger charge is 2.34. The lowest BCUT2D eigenvalue weighted by atomic mass is 9.79. The molecule has 2 fully saturated rings. The number of rotatable bonds is 4. The monoisotopic (exact) mass is 318 g/mol. The number of piperidine rings is 2. The first-order chi connectivity index (χ1) is 9.82. The van der Waals surface area contributed by atoms with Crippen molar-refractivity contribution in [3.05, 3.63) is 0 Å². The van der Waals surface area contributed by atoms with E-state index < -0.39 is 15.9 Å². The summed E-state index contributed by atoms with van der Waals surface area (Å²) in [5.74, 6) is 0.237. The molecule has 21 heavy (non-hydrogen) atoms. The molecule has 6 nitrogen and oxygen atoms in total. The van der Waals surface area contributed by atoms with Gasteiger partial charge >= 0.3 is 6.09 Å². The number of hydrogen-bond acceptors (Lipinski definition) is 4. The molecule has 2 aliphatic rings. The molecular weight excluding hydrogens is 292 g/mol. The van der Waals surface area contributed by atoms with Crippen LogP contribution in [0.1, 0.15) is 39.0 Å². The number of likely N-dealkylation sites (tertiary alicyclic amines) is 1. The summed E-state index contributed by atoms with van der Waals surface area (Å²) in [5, 5.41) is 11.8. The van der Waals surface area contributed by atoms with Gasteiger partial charge in [-0.15, -0.1) is 0 Å². The van der Waals surface area contributed by atoms with Gasteiger partial charge in [-0.3, -0.25) is 0 Å². The third-order valence-electron chi connectivity index (χ3n) is 5.02. The van der Waals surface area contributed by atoms with Gasteiger partial charge in [-0.2, -0.15) is 0 Å². The number of nitrogens with zero attached hydrogens (tertiary/aromatic N) is 1. The fourth-order valence-corrected chi connectivity index (χ4v) is 5.28. The van der Waals surface area contributed by atoms with Crippen LogP contribution >= 0.6 is 0 Å². The van der Waals surface area contributed by atoms with Gasteiger partial charge in [0.1, 0.15) is 0 Å². The van der Waals surface area contributed by atoms with E-state index in [0.29, 0.717) is 25.9 Å². The maximum atomic E-state index is 12.5. The normalized spacial score (nSPS) is 24.0. The van der Waals surface area contributed by atoms with E-state index >= 15 is 0 Å². The number of sulfone groups is 1. The zero-order valence-electron chi connectivity index (χ0n) is 12.7. The maximum absolute atomic E-state index is 12.5. The van der Waals surface area contributed by atoms with E-state index in [1.807, 2.05) is 0 Å². The minimum Gasteiger partial charge on any atom is -0.465 e. The minimum atomic E-state index is -3.11. The molecule has 0 aromatic rings. The molecular formula is C14H26N2O4S. The lowest BCUT2D eigenvalue weighted by Gasteiger charge is -2.35. The van der Waals surface area contributed by atoms with Crippen LogP contribution in [0.4, 0.5) is 4.79 Å². The van der Waals surface area contributed by atoms with Crippen molar-refractivity contribution in [3.63, 3.8) is 0 Å². The summed E-state index contributed by atoms with van der Waals surface area (Å²) in [4.78, 5) is 12.2. The predicted molar refractivity (Wildman–Crippen MR) is 81.2 cm³/mol. The van der Waals surface area contributed by atoms with Gasteiger partial charge in [-0.1, -0.05) is 6.92 Å². The second kappa shape index (κ2) is 6.52. The predicted octanol–water partition coefficient (Wildman–Crippen LogP) is 1.32. The Kier molecular flexibility index (Phi) is 5.14. The van der Waals surface area contributed by atoms with Crippen LogP contribution in [0, 0.1) is 5.41 Å². The van der Waals surface area contributed by atoms with Crippen molar-refractivity contribution >= 4 is 15.9 Å². The highest BCUT2D eigenvalue weighted by Crippen LogP contribution is 2.33. The molecule has 2 rings (SSSR count). The third kappa shape index (κ3) is 4.32. The molecule has 7 heteroatoms. The molecule has 0 bridgehead atoms. The molecule has 1 amide bonds. The lowest BCUT2D eigenvalue weighted by Crippen LogP contribution is -2.43. The van der Waals surface area contributed by atoms with Crippen LogP contribution in [0.15, 0.2) is 0 Å². The zero-order chi connectivity index (χ0) is 15.5. The Labute approximate surface area is 126 Å². The Bertz CT molecular complexity index is 463. The molecule has 2 saturated heterocycles. The van der Waals surface area contributed by atoms with Crippen molar-refractivity contribution in [2.24, 2.45) is 5.41 Å². The van der Waals surface area contributed by atoms with Gasteiger partial charge in [0.25, 0.3) is 0 Å². The summed E-state index contributed by atoms with van der Waals surface area (Å²) in [6.07, 6.45) is 2.70. The fraction of sp³-hybridized carbons (Fsp3) is 0.929. The first-order valence-electron chi connectivity index (χ1n) is 7.73. The van der Waals surface area contributed by atoms with Crippen LogP contribution in [0.5, 0.6) is 0 Å². The summed E-state index contributed by atoms with van der Waals surface area (Å²) in [7, 11) is -3.11. The maximum Gasteiger partial charge on any atom is 0.407 e. The summed E-state index contributed by atoms with van der Waals surface area (Å²) in [5.41, 5.74) is 0.125. The average molecular weight is 318 g/mol. The van der Waals surface area contributed by atoms with E-state index in [-0.39, 0.29) is 16.4 Å². The molecule has 2 aliphatic heterocycles. The van der Waals surface area contributed by atoms with Crippen LogP contribution in [-0.4, -0.2) is 61.7 Å². The Hall–Kier alpha value is -0.820.